The Kier molecular flexibility index (Phi) is 4.72. The lowest BCUT2D eigenvalue weighted by atomic mass is 10.1. The van der Waals surface area contributed by atoms with Gasteiger partial charge in [-0.3, -0.25) is 0 Å². The SMILES string of the molecule is CSc1ccc(C(O)c2cc(Br)c(Br)s2)cc1. The van der Waals surface area contributed by atoms with Gasteiger partial charge < -0.3 is 5.11 Å². The van der Waals surface area contributed by atoms with Gasteiger partial charge in [0.1, 0.15) is 6.10 Å². The van der Waals surface area contributed by atoms with E-state index in [-0.39, 0.29) is 0 Å². The molecule has 1 unspecified atom stereocenters. The van der Waals surface area contributed by atoms with Crippen molar-refractivity contribution in [2.45, 2.75) is 11.0 Å². The van der Waals surface area contributed by atoms with Crippen molar-refractivity contribution in [1.29, 1.82) is 0 Å². The van der Waals surface area contributed by atoms with Gasteiger partial charge in [-0.25, -0.2) is 0 Å². The van der Waals surface area contributed by atoms with E-state index in [2.05, 4.69) is 31.9 Å². The molecule has 2 aromatic rings. The van der Waals surface area contributed by atoms with Crippen molar-refractivity contribution in [3.63, 3.8) is 0 Å². The van der Waals surface area contributed by atoms with Crippen molar-refractivity contribution >= 4 is 55.0 Å². The lowest BCUT2D eigenvalue weighted by Crippen LogP contribution is -1.96. The van der Waals surface area contributed by atoms with Crippen LogP contribution in [-0.2, 0) is 0 Å². The summed E-state index contributed by atoms with van der Waals surface area (Å²) in [5.41, 5.74) is 0.920. The van der Waals surface area contributed by atoms with Crippen LogP contribution in [-0.4, -0.2) is 11.4 Å². The monoisotopic (exact) mass is 392 g/mol. The van der Waals surface area contributed by atoms with Crippen LogP contribution in [0.4, 0.5) is 0 Å². The molecule has 5 heteroatoms. The van der Waals surface area contributed by atoms with Crippen LogP contribution >= 0.6 is 55.0 Å². The van der Waals surface area contributed by atoms with Crippen molar-refractivity contribution in [2.24, 2.45) is 0 Å². The number of benzene rings is 1. The van der Waals surface area contributed by atoms with Gasteiger partial charge in [0.25, 0.3) is 0 Å². The summed E-state index contributed by atoms with van der Waals surface area (Å²) < 4.78 is 1.99. The standard InChI is InChI=1S/C12H10Br2OS2/c1-16-8-4-2-7(3-5-8)11(15)10-6-9(13)12(14)17-10/h2-6,11,15H,1H3. The summed E-state index contributed by atoms with van der Waals surface area (Å²) >= 11 is 10.1. The Bertz CT molecular complexity index is 488. The van der Waals surface area contributed by atoms with E-state index in [1.165, 1.54) is 4.90 Å². The molecule has 0 aliphatic heterocycles. The van der Waals surface area contributed by atoms with Crippen LogP contribution in [0.5, 0.6) is 0 Å². The number of hydrogen-bond donors (Lipinski definition) is 1. The van der Waals surface area contributed by atoms with Crippen molar-refractivity contribution < 1.29 is 5.11 Å². The molecule has 0 saturated carbocycles. The molecule has 1 N–H and O–H groups in total. The number of aliphatic hydroxyl groups excluding tert-OH is 1. The molecule has 0 spiro atoms. The maximum absolute atomic E-state index is 10.3. The third-order valence-electron chi connectivity index (χ3n) is 2.37. The molecule has 0 fully saturated rings. The van der Waals surface area contributed by atoms with Crippen LogP contribution in [0, 0.1) is 0 Å². The van der Waals surface area contributed by atoms with Gasteiger partial charge in [-0.15, -0.1) is 23.1 Å². The molecule has 0 aliphatic carbocycles. The molecule has 0 radical (unpaired) electrons. The highest BCUT2D eigenvalue weighted by Crippen LogP contribution is 2.37. The predicted octanol–water partition coefficient (Wildman–Crippen LogP) is 5.08. The Morgan fingerprint density at radius 1 is 1.24 bits per heavy atom. The first-order valence-electron chi connectivity index (χ1n) is 4.88. The van der Waals surface area contributed by atoms with E-state index < -0.39 is 6.10 Å². The second kappa shape index (κ2) is 5.89. The quantitative estimate of drug-likeness (QED) is 0.734. The minimum Gasteiger partial charge on any atom is -0.383 e. The molecule has 1 aromatic heterocycles. The second-order valence-electron chi connectivity index (χ2n) is 3.45. The van der Waals surface area contributed by atoms with E-state index in [0.29, 0.717) is 0 Å². The van der Waals surface area contributed by atoms with E-state index in [1.807, 2.05) is 36.6 Å². The summed E-state index contributed by atoms with van der Waals surface area (Å²) in [6.45, 7) is 0. The molecular formula is C12H10Br2OS2. The van der Waals surface area contributed by atoms with Gasteiger partial charge in [0.05, 0.1) is 3.79 Å². The molecule has 0 bridgehead atoms. The molecule has 1 aromatic carbocycles. The maximum Gasteiger partial charge on any atom is 0.113 e. The first kappa shape index (κ1) is 13.6. The van der Waals surface area contributed by atoms with Crippen LogP contribution < -0.4 is 0 Å². The first-order valence-corrected chi connectivity index (χ1v) is 8.51. The number of thiophene rings is 1. The van der Waals surface area contributed by atoms with Crippen LogP contribution in [0.15, 0.2) is 43.5 Å². The lowest BCUT2D eigenvalue weighted by molar-refractivity contribution is 0.224. The molecule has 0 aliphatic rings. The Balaban J connectivity index is 2.26. The Morgan fingerprint density at radius 3 is 2.35 bits per heavy atom. The maximum atomic E-state index is 10.3. The van der Waals surface area contributed by atoms with Gasteiger partial charge in [0, 0.05) is 14.2 Å². The minimum absolute atomic E-state index is 0.557. The molecular weight excluding hydrogens is 384 g/mol. The summed E-state index contributed by atoms with van der Waals surface area (Å²) in [5.74, 6) is 0. The van der Waals surface area contributed by atoms with E-state index in [4.69, 9.17) is 0 Å². The number of aliphatic hydroxyl groups is 1. The highest BCUT2D eigenvalue weighted by molar-refractivity contribution is 9.13. The van der Waals surface area contributed by atoms with Gasteiger partial charge in [0.15, 0.2) is 0 Å². The van der Waals surface area contributed by atoms with E-state index >= 15 is 0 Å². The fourth-order valence-corrected chi connectivity index (χ4v) is 3.96. The highest BCUT2D eigenvalue weighted by atomic mass is 79.9. The smallest absolute Gasteiger partial charge is 0.113 e. The third-order valence-corrected chi connectivity index (χ3v) is 6.42. The van der Waals surface area contributed by atoms with E-state index in [1.54, 1.807) is 23.1 Å². The van der Waals surface area contributed by atoms with Gasteiger partial charge >= 0.3 is 0 Å². The van der Waals surface area contributed by atoms with Gasteiger partial charge in [-0.1, -0.05) is 12.1 Å². The fraction of sp³-hybridized carbons (Fsp3) is 0.167. The highest BCUT2D eigenvalue weighted by Gasteiger charge is 2.14. The lowest BCUT2D eigenvalue weighted by Gasteiger charge is -2.09. The van der Waals surface area contributed by atoms with E-state index in [9.17, 15) is 5.11 Å². The zero-order chi connectivity index (χ0) is 12.4. The van der Waals surface area contributed by atoms with Crippen molar-refractivity contribution in [3.8, 4) is 0 Å². The fourth-order valence-electron chi connectivity index (χ4n) is 1.45. The number of hydrogen-bond acceptors (Lipinski definition) is 3. The zero-order valence-corrected chi connectivity index (χ0v) is 13.8. The van der Waals surface area contributed by atoms with E-state index in [0.717, 1.165) is 18.7 Å². The molecule has 17 heavy (non-hydrogen) atoms. The summed E-state index contributed by atoms with van der Waals surface area (Å²) in [7, 11) is 0. The van der Waals surface area contributed by atoms with Gasteiger partial charge in [-0.2, -0.15) is 0 Å². The molecule has 90 valence electrons. The van der Waals surface area contributed by atoms with Gasteiger partial charge in [0.2, 0.25) is 0 Å². The molecule has 1 atom stereocenters. The predicted molar refractivity (Wildman–Crippen MR) is 82.0 cm³/mol. The molecule has 2 rings (SSSR count). The summed E-state index contributed by atoms with van der Waals surface area (Å²) in [4.78, 5) is 2.13. The zero-order valence-electron chi connectivity index (χ0n) is 8.98. The minimum atomic E-state index is -0.557. The van der Waals surface area contributed by atoms with Crippen molar-refractivity contribution in [3.05, 3.63) is 49.0 Å². The first-order chi connectivity index (χ1) is 8.11. The van der Waals surface area contributed by atoms with Crippen molar-refractivity contribution in [1.82, 2.24) is 0 Å². The average molecular weight is 394 g/mol. The average Bonchev–Trinajstić information content (AvgIpc) is 2.69. The van der Waals surface area contributed by atoms with Crippen LogP contribution in [0.1, 0.15) is 16.5 Å². The summed E-state index contributed by atoms with van der Waals surface area (Å²) in [6, 6.07) is 9.94. The topological polar surface area (TPSA) is 20.2 Å². The molecule has 0 amide bonds. The van der Waals surface area contributed by atoms with Crippen LogP contribution in [0.3, 0.4) is 0 Å². The summed E-state index contributed by atoms with van der Waals surface area (Å²) in [6.07, 6.45) is 1.48. The van der Waals surface area contributed by atoms with Crippen LogP contribution in [0.2, 0.25) is 0 Å². The van der Waals surface area contributed by atoms with Crippen molar-refractivity contribution in [2.75, 3.05) is 6.26 Å². The third kappa shape index (κ3) is 3.15. The largest absolute Gasteiger partial charge is 0.383 e. The Morgan fingerprint density at radius 2 is 1.88 bits per heavy atom. The number of rotatable bonds is 3. The molecule has 0 saturated heterocycles. The Labute approximate surface area is 126 Å². The van der Waals surface area contributed by atoms with Gasteiger partial charge in [-0.05, 0) is 61.9 Å². The summed E-state index contributed by atoms with van der Waals surface area (Å²) in [5, 5.41) is 10.3. The number of halogens is 2. The molecule has 1 nitrogen and oxygen atoms in total. The molecule has 1 heterocycles. The Hall–Kier alpha value is 0.190. The second-order valence-corrected chi connectivity index (χ2v) is 7.58. The number of thioether (sulfide) groups is 1. The normalized spacial score (nSPS) is 12.7. The van der Waals surface area contributed by atoms with Crippen LogP contribution in [0.25, 0.3) is 0 Å².